The number of aromatic nitrogens is 4. The van der Waals surface area contributed by atoms with Crippen molar-refractivity contribution in [2.75, 3.05) is 18.6 Å². The van der Waals surface area contributed by atoms with Gasteiger partial charge in [-0.2, -0.15) is 0 Å². The third kappa shape index (κ3) is 4.32. The number of rotatable bonds is 9. The maximum atomic E-state index is 13.2. The summed E-state index contributed by atoms with van der Waals surface area (Å²) in [4.78, 5) is 26.6. The van der Waals surface area contributed by atoms with Crippen LogP contribution in [0.1, 0.15) is 6.92 Å². The minimum absolute atomic E-state index is 0.0180. The van der Waals surface area contributed by atoms with Crippen LogP contribution in [0.15, 0.2) is 62.8 Å². The fourth-order valence-corrected chi connectivity index (χ4v) is 7.19. The first-order valence-electron chi connectivity index (χ1n) is 10.2. The van der Waals surface area contributed by atoms with Crippen LogP contribution in [0.25, 0.3) is 0 Å². The van der Waals surface area contributed by atoms with E-state index in [0.29, 0.717) is 16.5 Å². The topological polar surface area (TPSA) is 157 Å². The molecule has 2 aromatic rings. The number of amides is 1. The van der Waals surface area contributed by atoms with Crippen LogP contribution in [0.3, 0.4) is 0 Å². The monoisotopic (exact) mass is 538 g/mol. The molecule has 1 fully saturated rings. The lowest BCUT2D eigenvalue weighted by molar-refractivity contribution is -0.188. The second-order valence-electron chi connectivity index (χ2n) is 7.63. The molecule has 2 aliphatic rings. The van der Waals surface area contributed by atoms with Gasteiger partial charge in [0.15, 0.2) is 0 Å². The molecule has 4 rings (SSSR count). The van der Waals surface area contributed by atoms with Crippen molar-refractivity contribution in [2.24, 2.45) is 7.05 Å². The van der Waals surface area contributed by atoms with Crippen molar-refractivity contribution in [1.29, 1.82) is 0 Å². The van der Waals surface area contributed by atoms with Gasteiger partial charge < -0.3 is 15.2 Å². The Morgan fingerprint density at radius 3 is 2.71 bits per heavy atom. The first-order valence-corrected chi connectivity index (χ1v) is 13.7. The van der Waals surface area contributed by atoms with E-state index in [1.54, 1.807) is 25.2 Å². The highest BCUT2D eigenvalue weighted by atomic mass is 32.2. The quantitative estimate of drug-likeness (QED) is 0.264. The molecule has 0 aliphatic carbocycles. The predicted molar refractivity (Wildman–Crippen MR) is 128 cm³/mol. The van der Waals surface area contributed by atoms with Crippen molar-refractivity contribution >= 4 is 45.2 Å². The van der Waals surface area contributed by atoms with Crippen LogP contribution in [0.4, 0.5) is 0 Å². The first-order chi connectivity index (χ1) is 16.6. The number of carboxylic acids is 1. The molecule has 186 valence electrons. The Morgan fingerprint density at radius 1 is 1.40 bits per heavy atom. The summed E-state index contributed by atoms with van der Waals surface area (Å²) in [5.74, 6) is -1.26. The molecular formula is C20H22N6O6S3. The van der Waals surface area contributed by atoms with Crippen LogP contribution in [0, 0.1) is 0 Å². The summed E-state index contributed by atoms with van der Waals surface area (Å²) < 4.78 is 32.6. The number of ether oxygens (including phenoxy) is 1. The summed E-state index contributed by atoms with van der Waals surface area (Å²) in [6, 6.07) is 7.90. The Bertz CT molecular complexity index is 1330. The van der Waals surface area contributed by atoms with Gasteiger partial charge in [0.25, 0.3) is 5.91 Å². The van der Waals surface area contributed by atoms with Gasteiger partial charge >= 0.3 is 5.97 Å². The third-order valence-corrected chi connectivity index (χ3v) is 9.89. The molecule has 1 aromatic heterocycles. The van der Waals surface area contributed by atoms with Crippen LogP contribution in [-0.4, -0.2) is 80.2 Å². The number of carbonyl (C=O) groups excluding carboxylic acids is 1. The molecule has 15 heteroatoms. The Morgan fingerprint density at radius 2 is 2.11 bits per heavy atom. The molecule has 2 aliphatic heterocycles. The van der Waals surface area contributed by atoms with Crippen LogP contribution in [-0.2, 0) is 31.2 Å². The summed E-state index contributed by atoms with van der Waals surface area (Å²) >= 11 is 2.58. The van der Waals surface area contributed by atoms with E-state index in [2.05, 4.69) is 20.8 Å². The smallest absolute Gasteiger partial charge is 0.352 e. The number of methoxy groups -OCH3 is 1. The molecule has 0 radical (unpaired) electrons. The van der Waals surface area contributed by atoms with Crippen molar-refractivity contribution in [1.82, 2.24) is 30.4 Å². The third-order valence-electron chi connectivity index (χ3n) is 5.56. The lowest BCUT2D eigenvalue weighted by Gasteiger charge is -2.55. The highest BCUT2D eigenvalue weighted by Crippen LogP contribution is 2.47. The number of tetrazole rings is 1. The fraction of sp³-hybridized carbons (Fsp3) is 0.350. The molecule has 3 heterocycles. The Kier molecular flexibility index (Phi) is 6.95. The van der Waals surface area contributed by atoms with Crippen LogP contribution >= 0.6 is 23.5 Å². The van der Waals surface area contributed by atoms with E-state index < -0.39 is 32.8 Å². The number of aliphatic carboxylic acids is 1. The largest absolute Gasteiger partial charge is 0.477 e. The average Bonchev–Trinajstić information content (AvgIpc) is 3.27. The molecule has 35 heavy (non-hydrogen) atoms. The van der Waals surface area contributed by atoms with Gasteiger partial charge in [0.1, 0.15) is 11.1 Å². The van der Waals surface area contributed by atoms with E-state index in [1.165, 1.54) is 65.5 Å². The van der Waals surface area contributed by atoms with E-state index in [1.807, 2.05) is 0 Å². The van der Waals surface area contributed by atoms with Crippen molar-refractivity contribution in [3.8, 4) is 0 Å². The lowest BCUT2D eigenvalue weighted by Crippen LogP contribution is -2.79. The van der Waals surface area contributed by atoms with Gasteiger partial charge in [0, 0.05) is 31.9 Å². The van der Waals surface area contributed by atoms with Gasteiger partial charge in [-0.05, 0) is 35.1 Å². The number of β-lactam (4-membered cyclic amide) rings is 1. The van der Waals surface area contributed by atoms with Gasteiger partial charge in [-0.25, -0.2) is 17.9 Å². The molecule has 2 N–H and O–H groups in total. The van der Waals surface area contributed by atoms with Gasteiger partial charge in [-0.3, -0.25) is 9.69 Å². The molecule has 0 bridgehead atoms. The zero-order valence-electron chi connectivity index (χ0n) is 18.9. The molecule has 1 saturated heterocycles. The Hall–Kier alpha value is -2.88. The highest BCUT2D eigenvalue weighted by Gasteiger charge is 2.65. The van der Waals surface area contributed by atoms with Gasteiger partial charge in [-0.15, -0.1) is 16.9 Å². The first kappa shape index (κ1) is 25.2. The number of carbonyl (C=O) groups is 2. The number of carboxylic acid groups (broad SMARTS) is 1. The van der Waals surface area contributed by atoms with Gasteiger partial charge in [0.2, 0.25) is 20.7 Å². The van der Waals surface area contributed by atoms with Crippen LogP contribution in [0.5, 0.6) is 0 Å². The van der Waals surface area contributed by atoms with E-state index in [0.717, 1.165) is 0 Å². The standard InChI is InChI=1S/C20H22N6O6S3/c1-12(35(30,31)14-7-5-4-6-8-14)9-21-20(32-3)17(29)26-15(16(27)28)13(10-33-18(20)26)11-34-19-22-23-24-25(19)2/h4-9,18,21H,10-11H2,1-3H3,(H,27,28)/t18-,20-/m0/s1. The number of hydrogen-bond donors (Lipinski definition) is 2. The highest BCUT2D eigenvalue weighted by molar-refractivity contribution is 8.01. The second-order valence-corrected chi connectivity index (χ2v) is 11.8. The minimum atomic E-state index is -3.78. The second kappa shape index (κ2) is 9.64. The molecule has 1 amide bonds. The molecule has 12 nitrogen and oxygen atoms in total. The molecular weight excluding hydrogens is 516 g/mol. The summed E-state index contributed by atoms with van der Waals surface area (Å²) in [5.41, 5.74) is -1.18. The van der Waals surface area contributed by atoms with Gasteiger partial charge in [-0.1, -0.05) is 30.0 Å². The number of allylic oxidation sites excluding steroid dienone is 1. The van der Waals surface area contributed by atoms with Gasteiger partial charge in [0.05, 0.1) is 9.80 Å². The maximum absolute atomic E-state index is 13.2. The maximum Gasteiger partial charge on any atom is 0.352 e. The number of benzene rings is 1. The number of nitrogens with zero attached hydrogens (tertiary/aromatic N) is 5. The number of thioether (sulfide) groups is 2. The minimum Gasteiger partial charge on any atom is -0.477 e. The van der Waals surface area contributed by atoms with Crippen molar-refractivity contribution in [2.45, 2.75) is 28.1 Å². The summed E-state index contributed by atoms with van der Waals surface area (Å²) in [7, 11) is -0.793. The predicted octanol–water partition coefficient (Wildman–Crippen LogP) is 0.824. The number of sulfone groups is 1. The van der Waals surface area contributed by atoms with Crippen LogP contribution < -0.4 is 5.32 Å². The van der Waals surface area contributed by atoms with Crippen molar-refractivity contribution in [3.05, 3.63) is 52.7 Å². The fourth-order valence-electron chi connectivity index (χ4n) is 3.65. The average molecular weight is 539 g/mol. The van der Waals surface area contributed by atoms with Crippen molar-refractivity contribution in [3.63, 3.8) is 0 Å². The van der Waals surface area contributed by atoms with E-state index in [9.17, 15) is 23.1 Å². The zero-order valence-corrected chi connectivity index (χ0v) is 21.4. The van der Waals surface area contributed by atoms with Crippen LogP contribution in [0.2, 0.25) is 0 Å². The number of aryl methyl sites for hydroxylation is 1. The zero-order chi connectivity index (χ0) is 25.4. The van der Waals surface area contributed by atoms with E-state index in [-0.39, 0.29) is 21.3 Å². The Labute approximate surface area is 209 Å². The number of fused-ring (bicyclic) bond motifs is 1. The normalized spacial score (nSPS) is 22.6. The molecule has 2 atom stereocenters. The summed E-state index contributed by atoms with van der Waals surface area (Å²) in [6.07, 6.45) is 1.22. The van der Waals surface area contributed by atoms with E-state index >= 15 is 0 Å². The molecule has 0 spiro atoms. The SMILES string of the molecule is CO[C@@]1(NC=C(C)S(=O)(=O)c2ccccc2)C(=O)N2C(C(=O)O)=C(CSc3nnnn3C)CS[C@H]21. The molecule has 0 unspecified atom stereocenters. The molecule has 0 saturated carbocycles. The molecule has 1 aromatic carbocycles. The van der Waals surface area contributed by atoms with E-state index in [4.69, 9.17) is 4.74 Å². The number of nitrogens with one attached hydrogen (secondary N) is 1. The summed E-state index contributed by atoms with van der Waals surface area (Å²) in [5, 5.41) is 23.7. The van der Waals surface area contributed by atoms with Crippen molar-refractivity contribution < 1.29 is 27.9 Å². The number of hydrogen-bond acceptors (Lipinski definition) is 11. The Balaban J connectivity index is 1.57. The summed E-state index contributed by atoms with van der Waals surface area (Å²) in [6.45, 7) is 1.41. The lowest BCUT2D eigenvalue weighted by atomic mass is 9.98.